The number of benzene rings is 2. The zero-order chi connectivity index (χ0) is 22.3. The Morgan fingerprint density at radius 3 is 2.59 bits per heavy atom. The van der Waals surface area contributed by atoms with Crippen molar-refractivity contribution in [1.29, 1.82) is 0 Å². The van der Waals surface area contributed by atoms with Crippen LogP contribution in [0.25, 0.3) is 0 Å². The third kappa shape index (κ3) is 5.70. The van der Waals surface area contributed by atoms with Crippen molar-refractivity contribution in [2.45, 2.75) is 56.0 Å². The van der Waals surface area contributed by atoms with E-state index in [4.69, 9.17) is 4.74 Å². The normalized spacial score (nSPS) is 16.4. The van der Waals surface area contributed by atoms with Gasteiger partial charge >= 0.3 is 6.03 Å². The maximum atomic E-state index is 12.9. The zero-order valence-electron chi connectivity index (χ0n) is 18.8. The lowest BCUT2D eigenvalue weighted by Gasteiger charge is -2.31. The van der Waals surface area contributed by atoms with Crippen molar-refractivity contribution in [1.82, 2.24) is 10.2 Å². The van der Waals surface area contributed by atoms with Crippen LogP contribution < -0.4 is 20.7 Å². The summed E-state index contributed by atoms with van der Waals surface area (Å²) in [5.41, 5.74) is 4.20. The summed E-state index contributed by atoms with van der Waals surface area (Å²) in [7, 11) is 1.71. The number of nitrogens with one attached hydrogen (secondary N) is 3. The van der Waals surface area contributed by atoms with Crippen LogP contribution >= 0.6 is 12.6 Å². The monoisotopic (exact) mass is 454 g/mol. The molecule has 1 saturated carbocycles. The van der Waals surface area contributed by atoms with Crippen molar-refractivity contribution in [3.8, 4) is 5.75 Å². The summed E-state index contributed by atoms with van der Waals surface area (Å²) >= 11 is 4.30. The number of amides is 2. The molecule has 3 N–H and O–H groups in total. The van der Waals surface area contributed by atoms with Crippen LogP contribution in [0.3, 0.4) is 0 Å². The molecule has 2 aromatic carbocycles. The topological polar surface area (TPSA) is 65.6 Å². The van der Waals surface area contributed by atoms with Gasteiger partial charge in [-0.25, -0.2) is 4.79 Å². The Hall–Kier alpha value is -2.38. The highest BCUT2D eigenvalue weighted by Gasteiger charge is 2.25. The molecule has 172 valence electrons. The summed E-state index contributed by atoms with van der Waals surface area (Å²) in [4.78, 5) is 15.6. The first-order chi connectivity index (χ1) is 15.6. The van der Waals surface area contributed by atoms with Gasteiger partial charge in [0.25, 0.3) is 0 Å². The van der Waals surface area contributed by atoms with Crippen LogP contribution in [0.15, 0.2) is 41.3 Å². The SMILES string of the molecule is COc1ccc(NCCNC2CCCCC2)c2c1CCN(C(=O)Nc1ccc(S)cc1)C2. The Labute approximate surface area is 196 Å². The molecule has 0 saturated heterocycles. The second-order valence-corrected chi connectivity index (χ2v) is 9.15. The highest BCUT2D eigenvalue weighted by atomic mass is 32.1. The molecule has 2 amide bonds. The van der Waals surface area contributed by atoms with E-state index in [1.165, 1.54) is 37.7 Å². The van der Waals surface area contributed by atoms with Gasteiger partial charge in [-0.1, -0.05) is 19.3 Å². The van der Waals surface area contributed by atoms with E-state index in [0.717, 1.165) is 47.1 Å². The Bertz CT molecular complexity index is 913. The molecule has 0 unspecified atom stereocenters. The Morgan fingerprint density at radius 1 is 1.06 bits per heavy atom. The van der Waals surface area contributed by atoms with Gasteiger partial charge in [0.05, 0.1) is 7.11 Å². The lowest BCUT2D eigenvalue weighted by atomic mass is 9.95. The summed E-state index contributed by atoms with van der Waals surface area (Å²) in [6, 6.07) is 12.2. The first-order valence-electron chi connectivity index (χ1n) is 11.6. The minimum atomic E-state index is -0.0877. The molecule has 4 rings (SSSR count). The highest BCUT2D eigenvalue weighted by Crippen LogP contribution is 2.33. The molecule has 0 bridgehead atoms. The number of nitrogens with zero attached hydrogens (tertiary/aromatic N) is 1. The maximum Gasteiger partial charge on any atom is 0.322 e. The number of anilines is 2. The Morgan fingerprint density at radius 2 is 1.84 bits per heavy atom. The summed E-state index contributed by atoms with van der Waals surface area (Å²) < 4.78 is 5.61. The fourth-order valence-corrected chi connectivity index (χ4v) is 4.85. The molecule has 1 aliphatic carbocycles. The molecule has 7 heteroatoms. The summed E-state index contributed by atoms with van der Waals surface area (Å²) in [5, 5.41) is 10.3. The van der Waals surface area contributed by atoms with Crippen LogP contribution in [-0.4, -0.2) is 43.7 Å². The number of methoxy groups -OCH3 is 1. The molecule has 0 atom stereocenters. The van der Waals surface area contributed by atoms with E-state index in [2.05, 4.69) is 34.6 Å². The van der Waals surface area contributed by atoms with Crippen molar-refractivity contribution in [2.24, 2.45) is 0 Å². The minimum Gasteiger partial charge on any atom is -0.496 e. The number of carbonyl (C=O) groups is 1. The van der Waals surface area contributed by atoms with Gasteiger partial charge in [0.1, 0.15) is 5.75 Å². The Balaban J connectivity index is 1.39. The summed E-state index contributed by atoms with van der Waals surface area (Å²) in [6.07, 6.45) is 7.41. The second kappa shape index (κ2) is 11.0. The molecule has 1 aliphatic heterocycles. The van der Waals surface area contributed by atoms with Gasteiger partial charge in [0.2, 0.25) is 0 Å². The van der Waals surface area contributed by atoms with Crippen LogP contribution in [0.4, 0.5) is 16.2 Å². The fraction of sp³-hybridized carbons (Fsp3) is 0.480. The predicted molar refractivity (Wildman–Crippen MR) is 133 cm³/mol. The molecule has 0 radical (unpaired) electrons. The molecule has 1 heterocycles. The van der Waals surface area contributed by atoms with E-state index in [1.807, 2.05) is 35.2 Å². The number of rotatable bonds is 7. The molecule has 1 fully saturated rings. The van der Waals surface area contributed by atoms with Gasteiger partial charge in [-0.15, -0.1) is 12.6 Å². The van der Waals surface area contributed by atoms with Gasteiger partial charge in [0.15, 0.2) is 0 Å². The van der Waals surface area contributed by atoms with E-state index < -0.39 is 0 Å². The summed E-state index contributed by atoms with van der Waals surface area (Å²) in [5.74, 6) is 0.898. The van der Waals surface area contributed by atoms with E-state index in [-0.39, 0.29) is 6.03 Å². The van der Waals surface area contributed by atoms with E-state index in [9.17, 15) is 4.79 Å². The zero-order valence-corrected chi connectivity index (χ0v) is 19.7. The molecular weight excluding hydrogens is 420 g/mol. The van der Waals surface area contributed by atoms with Crippen LogP contribution in [0, 0.1) is 0 Å². The predicted octanol–water partition coefficient (Wildman–Crippen LogP) is 4.91. The number of hydrogen-bond donors (Lipinski definition) is 4. The lowest BCUT2D eigenvalue weighted by molar-refractivity contribution is 0.206. The van der Waals surface area contributed by atoms with Gasteiger partial charge in [0, 0.05) is 59.6 Å². The van der Waals surface area contributed by atoms with E-state index >= 15 is 0 Å². The molecule has 2 aromatic rings. The quantitative estimate of drug-likeness (QED) is 0.355. The number of urea groups is 1. The number of thiol groups is 1. The van der Waals surface area contributed by atoms with Crippen LogP contribution in [0.5, 0.6) is 5.75 Å². The third-order valence-electron chi connectivity index (χ3n) is 6.47. The lowest BCUT2D eigenvalue weighted by Crippen LogP contribution is -2.39. The average Bonchev–Trinajstić information content (AvgIpc) is 2.83. The van der Waals surface area contributed by atoms with Crippen molar-refractivity contribution in [2.75, 3.05) is 37.4 Å². The molecule has 0 aromatic heterocycles. The van der Waals surface area contributed by atoms with Gasteiger partial charge in [-0.05, 0) is 55.7 Å². The van der Waals surface area contributed by atoms with E-state index in [0.29, 0.717) is 19.1 Å². The number of hydrogen-bond acceptors (Lipinski definition) is 5. The fourth-order valence-electron chi connectivity index (χ4n) is 4.70. The van der Waals surface area contributed by atoms with Crippen molar-refractivity contribution in [3.63, 3.8) is 0 Å². The van der Waals surface area contributed by atoms with Crippen molar-refractivity contribution < 1.29 is 9.53 Å². The largest absolute Gasteiger partial charge is 0.496 e. The third-order valence-corrected chi connectivity index (χ3v) is 6.77. The molecule has 6 nitrogen and oxygen atoms in total. The molecule has 0 spiro atoms. The first-order valence-corrected chi connectivity index (χ1v) is 12.1. The first kappa shape index (κ1) is 22.8. The minimum absolute atomic E-state index is 0.0877. The molecular formula is C25H34N4O2S. The van der Waals surface area contributed by atoms with Crippen molar-refractivity contribution >= 4 is 30.0 Å². The average molecular weight is 455 g/mol. The highest BCUT2D eigenvalue weighted by molar-refractivity contribution is 7.80. The second-order valence-electron chi connectivity index (χ2n) is 8.64. The number of ether oxygens (including phenoxy) is 1. The Kier molecular flexibility index (Phi) is 7.81. The van der Waals surface area contributed by atoms with Gasteiger partial charge in [-0.3, -0.25) is 0 Å². The van der Waals surface area contributed by atoms with Gasteiger partial charge < -0.3 is 25.6 Å². The number of fused-ring (bicyclic) bond motifs is 1. The summed E-state index contributed by atoms with van der Waals surface area (Å²) in [6.45, 7) is 3.02. The molecule has 2 aliphatic rings. The van der Waals surface area contributed by atoms with Crippen LogP contribution in [0.1, 0.15) is 43.2 Å². The van der Waals surface area contributed by atoms with Crippen LogP contribution in [-0.2, 0) is 13.0 Å². The number of carbonyl (C=O) groups excluding carboxylic acids is 1. The smallest absolute Gasteiger partial charge is 0.322 e. The molecule has 32 heavy (non-hydrogen) atoms. The maximum absolute atomic E-state index is 12.9. The van der Waals surface area contributed by atoms with E-state index in [1.54, 1.807) is 7.11 Å². The van der Waals surface area contributed by atoms with Crippen molar-refractivity contribution in [3.05, 3.63) is 47.5 Å². The van der Waals surface area contributed by atoms with Gasteiger partial charge in [-0.2, -0.15) is 0 Å². The van der Waals surface area contributed by atoms with Crippen LogP contribution in [0.2, 0.25) is 0 Å². The standard InChI is InChI=1S/C25H34N4O2S/c1-31-24-12-11-23(27-15-14-26-18-5-3-2-4-6-18)22-17-29(16-13-21(22)24)25(30)28-19-7-9-20(32)10-8-19/h7-12,18,26-27,32H,2-6,13-17H2,1H3,(H,28,30).